The van der Waals surface area contributed by atoms with Crippen LogP contribution in [0.3, 0.4) is 0 Å². The molecule has 10 heteroatoms. The summed E-state index contributed by atoms with van der Waals surface area (Å²) in [5, 5.41) is 2.59. The maximum atomic E-state index is 13.6. The van der Waals surface area contributed by atoms with Crippen LogP contribution in [0.4, 0.5) is 10.1 Å². The minimum Gasteiger partial charge on any atom is -0.352 e. The van der Waals surface area contributed by atoms with Gasteiger partial charge in [-0.2, -0.15) is 0 Å². The molecular formula is C23H29ClFN3O4S. The molecule has 1 N–H and O–H groups in total. The number of sulfonamides is 1. The van der Waals surface area contributed by atoms with Gasteiger partial charge in [-0.1, -0.05) is 48.9 Å². The molecule has 0 saturated heterocycles. The van der Waals surface area contributed by atoms with E-state index in [1.165, 1.54) is 11.0 Å². The Kier molecular flexibility index (Phi) is 9.25. The second-order valence-electron chi connectivity index (χ2n) is 7.87. The lowest BCUT2D eigenvalue weighted by molar-refractivity contribution is -0.139. The second-order valence-corrected chi connectivity index (χ2v) is 10.2. The number of anilines is 1. The zero-order valence-corrected chi connectivity index (χ0v) is 20.7. The topological polar surface area (TPSA) is 86.8 Å². The van der Waals surface area contributed by atoms with E-state index >= 15 is 0 Å². The van der Waals surface area contributed by atoms with E-state index in [1.807, 2.05) is 44.2 Å². The van der Waals surface area contributed by atoms with Gasteiger partial charge < -0.3 is 10.2 Å². The van der Waals surface area contributed by atoms with E-state index in [0.717, 1.165) is 34.7 Å². The maximum absolute atomic E-state index is 13.6. The van der Waals surface area contributed by atoms with Gasteiger partial charge in [0.2, 0.25) is 21.8 Å². The van der Waals surface area contributed by atoms with E-state index in [2.05, 4.69) is 5.32 Å². The highest BCUT2D eigenvalue weighted by atomic mass is 35.5. The van der Waals surface area contributed by atoms with Crippen LogP contribution in [0.1, 0.15) is 32.8 Å². The van der Waals surface area contributed by atoms with Crippen LogP contribution < -0.4 is 9.62 Å². The van der Waals surface area contributed by atoms with Crippen LogP contribution >= 0.6 is 11.6 Å². The molecule has 0 aliphatic carbocycles. The Balaban J connectivity index is 2.38. The summed E-state index contributed by atoms with van der Waals surface area (Å²) in [5.41, 5.74) is 0.832. The van der Waals surface area contributed by atoms with E-state index in [9.17, 15) is 22.4 Å². The maximum Gasteiger partial charge on any atom is 0.244 e. The van der Waals surface area contributed by atoms with Crippen molar-refractivity contribution in [2.45, 2.75) is 45.8 Å². The van der Waals surface area contributed by atoms with Crippen molar-refractivity contribution in [1.29, 1.82) is 0 Å². The van der Waals surface area contributed by atoms with Crippen molar-refractivity contribution in [2.75, 3.05) is 17.1 Å². The first-order chi connectivity index (χ1) is 15.4. The molecular weight excluding hydrogens is 469 g/mol. The third-order valence-electron chi connectivity index (χ3n) is 5.23. The fourth-order valence-corrected chi connectivity index (χ4v) is 4.10. The number of carbonyl (C=O) groups excluding carboxylic acids is 2. The average Bonchev–Trinajstić information content (AvgIpc) is 2.76. The van der Waals surface area contributed by atoms with Gasteiger partial charge in [0.1, 0.15) is 18.4 Å². The predicted octanol–water partition coefficient (Wildman–Crippen LogP) is 3.58. The molecule has 2 aromatic carbocycles. The third-order valence-corrected chi connectivity index (χ3v) is 6.66. The molecule has 0 aromatic heterocycles. The molecule has 33 heavy (non-hydrogen) atoms. The summed E-state index contributed by atoms with van der Waals surface area (Å²) < 4.78 is 39.4. The lowest BCUT2D eigenvalue weighted by Crippen LogP contribution is -2.52. The molecule has 0 spiro atoms. The Morgan fingerprint density at radius 2 is 1.76 bits per heavy atom. The van der Waals surface area contributed by atoms with Crippen LogP contribution in [0.2, 0.25) is 5.02 Å². The average molecular weight is 498 g/mol. The van der Waals surface area contributed by atoms with Gasteiger partial charge in [-0.05, 0) is 44.0 Å². The van der Waals surface area contributed by atoms with Gasteiger partial charge in [0.15, 0.2) is 0 Å². The number of rotatable bonds is 10. The van der Waals surface area contributed by atoms with Crippen molar-refractivity contribution < 1.29 is 22.4 Å². The molecule has 0 aliphatic rings. The number of hydrogen-bond donors (Lipinski definition) is 1. The fourth-order valence-electron chi connectivity index (χ4n) is 3.08. The number of halogens is 2. The molecule has 2 amide bonds. The Morgan fingerprint density at radius 3 is 2.30 bits per heavy atom. The molecule has 0 radical (unpaired) electrons. The minimum absolute atomic E-state index is 0.0496. The predicted molar refractivity (Wildman–Crippen MR) is 128 cm³/mol. The van der Waals surface area contributed by atoms with Crippen molar-refractivity contribution in [3.63, 3.8) is 0 Å². The molecule has 0 bridgehead atoms. The van der Waals surface area contributed by atoms with Gasteiger partial charge in [-0.15, -0.1) is 0 Å². The van der Waals surface area contributed by atoms with Crippen LogP contribution in [0, 0.1) is 5.82 Å². The first-order valence-corrected chi connectivity index (χ1v) is 12.7. The number of nitrogens with one attached hydrogen (secondary N) is 1. The highest BCUT2D eigenvalue weighted by molar-refractivity contribution is 7.92. The number of amides is 2. The quantitative estimate of drug-likeness (QED) is 0.543. The summed E-state index contributed by atoms with van der Waals surface area (Å²) in [5.74, 6) is -1.64. The first-order valence-electron chi connectivity index (χ1n) is 10.5. The lowest BCUT2D eigenvalue weighted by Gasteiger charge is -2.32. The zero-order valence-electron chi connectivity index (χ0n) is 19.1. The SMILES string of the molecule is CC[C@H](C)NC(=O)[C@@H](C)N(Cc1ccccc1)C(=O)CN(c1ccc(F)c(Cl)c1)S(C)(=O)=O. The van der Waals surface area contributed by atoms with Crippen LogP contribution in [-0.2, 0) is 26.2 Å². The van der Waals surface area contributed by atoms with Crippen molar-refractivity contribution in [3.8, 4) is 0 Å². The van der Waals surface area contributed by atoms with Gasteiger partial charge in [-0.3, -0.25) is 13.9 Å². The third kappa shape index (κ3) is 7.43. The molecule has 0 unspecified atom stereocenters. The Hall–Kier alpha value is -2.65. The van der Waals surface area contributed by atoms with Crippen LogP contribution in [0.25, 0.3) is 0 Å². The molecule has 0 heterocycles. The highest BCUT2D eigenvalue weighted by Crippen LogP contribution is 2.25. The largest absolute Gasteiger partial charge is 0.352 e. The van der Waals surface area contributed by atoms with E-state index in [0.29, 0.717) is 0 Å². The van der Waals surface area contributed by atoms with Crippen LogP contribution in [-0.4, -0.2) is 50.0 Å². The van der Waals surface area contributed by atoms with E-state index in [-0.39, 0.29) is 29.2 Å². The zero-order chi connectivity index (χ0) is 24.8. The second kappa shape index (κ2) is 11.5. The number of hydrogen-bond acceptors (Lipinski definition) is 4. The number of nitrogens with zero attached hydrogens (tertiary/aromatic N) is 2. The molecule has 2 aromatic rings. The van der Waals surface area contributed by atoms with Crippen LogP contribution in [0.15, 0.2) is 48.5 Å². The van der Waals surface area contributed by atoms with Crippen molar-refractivity contribution in [2.24, 2.45) is 0 Å². The molecule has 0 saturated carbocycles. The number of carbonyl (C=O) groups is 2. The van der Waals surface area contributed by atoms with Gasteiger partial charge in [0, 0.05) is 12.6 Å². The molecule has 0 aliphatic heterocycles. The summed E-state index contributed by atoms with van der Waals surface area (Å²) in [6, 6.07) is 11.6. The standard InChI is InChI=1S/C23H29ClFN3O4S/c1-5-16(2)26-23(30)17(3)27(14-18-9-7-6-8-10-18)22(29)15-28(33(4,31)32)19-11-12-21(25)20(24)13-19/h6-13,16-17H,5,14-15H2,1-4H3,(H,26,30)/t16-,17+/m0/s1. The summed E-state index contributed by atoms with van der Waals surface area (Å²) in [6.45, 7) is 4.92. The highest BCUT2D eigenvalue weighted by Gasteiger charge is 2.30. The van der Waals surface area contributed by atoms with Gasteiger partial charge in [0.25, 0.3) is 0 Å². The summed E-state index contributed by atoms with van der Waals surface area (Å²) in [7, 11) is -3.91. The fraction of sp³-hybridized carbons (Fsp3) is 0.391. The Morgan fingerprint density at radius 1 is 1.12 bits per heavy atom. The number of benzene rings is 2. The van der Waals surface area contributed by atoms with E-state index in [4.69, 9.17) is 11.6 Å². The van der Waals surface area contributed by atoms with Gasteiger partial charge in [-0.25, -0.2) is 12.8 Å². The summed E-state index contributed by atoms with van der Waals surface area (Å²) in [4.78, 5) is 27.5. The summed E-state index contributed by atoms with van der Waals surface area (Å²) in [6.07, 6.45) is 1.66. The minimum atomic E-state index is -3.91. The normalized spacial score (nSPS) is 13.2. The molecule has 7 nitrogen and oxygen atoms in total. The lowest BCUT2D eigenvalue weighted by atomic mass is 10.1. The van der Waals surface area contributed by atoms with Gasteiger partial charge in [0.05, 0.1) is 17.0 Å². The van der Waals surface area contributed by atoms with E-state index in [1.54, 1.807) is 6.92 Å². The Bertz CT molecular complexity index is 1080. The Labute approximate surface area is 199 Å². The van der Waals surface area contributed by atoms with Crippen molar-refractivity contribution >= 4 is 39.1 Å². The van der Waals surface area contributed by atoms with Gasteiger partial charge >= 0.3 is 0 Å². The van der Waals surface area contributed by atoms with Crippen molar-refractivity contribution in [3.05, 3.63) is 64.9 Å². The molecule has 180 valence electrons. The van der Waals surface area contributed by atoms with Crippen LogP contribution in [0.5, 0.6) is 0 Å². The summed E-state index contributed by atoms with van der Waals surface area (Å²) >= 11 is 5.82. The molecule has 2 rings (SSSR count). The smallest absolute Gasteiger partial charge is 0.244 e. The molecule has 0 fully saturated rings. The monoisotopic (exact) mass is 497 g/mol. The van der Waals surface area contributed by atoms with Crippen molar-refractivity contribution in [1.82, 2.24) is 10.2 Å². The first kappa shape index (κ1) is 26.6. The van der Waals surface area contributed by atoms with E-state index < -0.39 is 34.3 Å². The molecule has 2 atom stereocenters.